The SMILES string of the molecule is CCC(C)COC(=O)Oc1ccc(C(C(C)C(C)OC(C)=O)[C@H](N)C(=O)O)cc1OC(=O)OCC(C)CC. The topological polar surface area (TPSA) is 161 Å². The minimum absolute atomic E-state index is 0.0988. The summed E-state index contributed by atoms with van der Waals surface area (Å²) in [4.78, 5) is 48.0. The van der Waals surface area contributed by atoms with Crippen molar-refractivity contribution in [3.8, 4) is 11.5 Å². The predicted molar refractivity (Wildman–Crippen MR) is 138 cm³/mol. The Morgan fingerprint density at radius 2 is 1.37 bits per heavy atom. The fraction of sp³-hybridized carbons (Fsp3) is 0.630. The molecule has 38 heavy (non-hydrogen) atoms. The van der Waals surface area contributed by atoms with Crippen LogP contribution in [-0.2, 0) is 23.8 Å². The van der Waals surface area contributed by atoms with Gasteiger partial charge in [0.15, 0.2) is 11.5 Å². The average molecular weight is 540 g/mol. The summed E-state index contributed by atoms with van der Waals surface area (Å²) in [6.45, 7) is 12.5. The number of rotatable bonds is 14. The van der Waals surface area contributed by atoms with Gasteiger partial charge in [-0.2, -0.15) is 0 Å². The van der Waals surface area contributed by atoms with Gasteiger partial charge in [-0.05, 0) is 36.5 Å². The molecule has 6 atom stereocenters. The monoisotopic (exact) mass is 539 g/mol. The van der Waals surface area contributed by atoms with Crippen LogP contribution in [-0.4, -0.2) is 54.7 Å². The molecule has 5 unspecified atom stereocenters. The molecule has 0 bridgehead atoms. The van der Waals surface area contributed by atoms with Crippen molar-refractivity contribution in [2.45, 2.75) is 79.4 Å². The van der Waals surface area contributed by atoms with Crippen molar-refractivity contribution in [3.05, 3.63) is 23.8 Å². The van der Waals surface area contributed by atoms with Crippen LogP contribution in [0.4, 0.5) is 9.59 Å². The number of hydrogen-bond donors (Lipinski definition) is 2. The van der Waals surface area contributed by atoms with Gasteiger partial charge in [0.1, 0.15) is 12.1 Å². The molecule has 0 fully saturated rings. The standard InChI is InChI=1S/C27H41NO10/c1-8-15(3)13-34-26(32)37-21-11-10-20(12-22(21)38-27(33)35-14-16(4)9-2)23(24(28)25(30)31)17(5)18(6)36-19(7)29/h10-12,15-18,23-24H,8-9,13-14,28H2,1-7H3,(H,30,31)/t15?,16?,17?,18?,23?,24-/m0/s1. The van der Waals surface area contributed by atoms with E-state index in [1.54, 1.807) is 13.8 Å². The number of ether oxygens (including phenoxy) is 5. The van der Waals surface area contributed by atoms with E-state index < -0.39 is 48.2 Å². The molecule has 11 heteroatoms. The number of hydrogen-bond acceptors (Lipinski definition) is 10. The van der Waals surface area contributed by atoms with E-state index in [9.17, 15) is 24.3 Å². The van der Waals surface area contributed by atoms with Crippen LogP contribution in [0.1, 0.15) is 72.8 Å². The maximum absolute atomic E-state index is 12.4. The molecule has 1 rings (SSSR count). The number of carbonyl (C=O) groups excluding carboxylic acids is 3. The van der Waals surface area contributed by atoms with Gasteiger partial charge in [-0.15, -0.1) is 0 Å². The number of carboxylic acids is 1. The van der Waals surface area contributed by atoms with Gasteiger partial charge in [-0.3, -0.25) is 9.59 Å². The Morgan fingerprint density at radius 1 is 0.868 bits per heavy atom. The summed E-state index contributed by atoms with van der Waals surface area (Å²) < 4.78 is 26.2. The first-order chi connectivity index (χ1) is 17.8. The second-order valence-electron chi connectivity index (χ2n) is 9.62. The van der Waals surface area contributed by atoms with Gasteiger partial charge in [0.2, 0.25) is 0 Å². The minimum atomic E-state index is -1.39. The molecule has 0 saturated carbocycles. The number of carbonyl (C=O) groups is 4. The zero-order valence-electron chi connectivity index (χ0n) is 23.2. The summed E-state index contributed by atoms with van der Waals surface area (Å²) in [6, 6.07) is 2.81. The van der Waals surface area contributed by atoms with E-state index in [-0.39, 0.29) is 36.5 Å². The summed E-state index contributed by atoms with van der Waals surface area (Å²) in [5.41, 5.74) is 6.39. The molecule has 3 N–H and O–H groups in total. The molecule has 0 aliphatic carbocycles. The van der Waals surface area contributed by atoms with Crippen molar-refractivity contribution < 1.29 is 48.0 Å². The minimum Gasteiger partial charge on any atom is -0.480 e. The van der Waals surface area contributed by atoms with E-state index >= 15 is 0 Å². The first kappa shape index (κ1) is 32.7. The van der Waals surface area contributed by atoms with Gasteiger partial charge in [0.25, 0.3) is 0 Å². The van der Waals surface area contributed by atoms with Gasteiger partial charge in [0, 0.05) is 18.8 Å². The van der Waals surface area contributed by atoms with Gasteiger partial charge >= 0.3 is 24.2 Å². The van der Waals surface area contributed by atoms with Crippen LogP contribution in [0.2, 0.25) is 0 Å². The van der Waals surface area contributed by atoms with E-state index in [0.29, 0.717) is 5.56 Å². The predicted octanol–water partition coefficient (Wildman–Crippen LogP) is 4.89. The molecule has 0 saturated heterocycles. The fourth-order valence-corrected chi connectivity index (χ4v) is 3.44. The number of aliphatic carboxylic acids is 1. The molecule has 0 spiro atoms. The highest BCUT2D eigenvalue weighted by Crippen LogP contribution is 2.37. The molecular formula is C27H41NO10. The van der Waals surface area contributed by atoms with Crippen LogP contribution >= 0.6 is 0 Å². The van der Waals surface area contributed by atoms with Crippen LogP contribution in [0.15, 0.2) is 18.2 Å². The summed E-state index contributed by atoms with van der Waals surface area (Å²) in [5.74, 6) is -3.33. The molecule has 0 heterocycles. The molecule has 1 aromatic rings. The van der Waals surface area contributed by atoms with Crippen molar-refractivity contribution in [1.82, 2.24) is 0 Å². The second kappa shape index (κ2) is 15.8. The molecule has 0 aromatic heterocycles. The third-order valence-electron chi connectivity index (χ3n) is 6.44. The second-order valence-corrected chi connectivity index (χ2v) is 9.62. The van der Waals surface area contributed by atoms with Gasteiger partial charge in [-0.1, -0.05) is 53.5 Å². The lowest BCUT2D eigenvalue weighted by atomic mass is 9.79. The first-order valence-electron chi connectivity index (χ1n) is 12.8. The summed E-state index contributed by atoms with van der Waals surface area (Å²) in [5, 5.41) is 9.66. The zero-order chi connectivity index (χ0) is 29.0. The largest absolute Gasteiger partial charge is 0.513 e. The summed E-state index contributed by atoms with van der Waals surface area (Å²) >= 11 is 0. The highest BCUT2D eigenvalue weighted by atomic mass is 16.7. The van der Waals surface area contributed by atoms with E-state index in [4.69, 9.17) is 29.4 Å². The molecular weight excluding hydrogens is 498 g/mol. The summed E-state index contributed by atoms with van der Waals surface area (Å²) in [7, 11) is 0. The lowest BCUT2D eigenvalue weighted by molar-refractivity contribution is -0.148. The number of nitrogens with two attached hydrogens (primary N) is 1. The van der Waals surface area contributed by atoms with E-state index in [1.807, 2.05) is 27.7 Å². The van der Waals surface area contributed by atoms with Gasteiger partial charge in [0.05, 0.1) is 13.2 Å². The van der Waals surface area contributed by atoms with Gasteiger partial charge < -0.3 is 34.5 Å². The number of esters is 1. The van der Waals surface area contributed by atoms with E-state index in [2.05, 4.69) is 0 Å². The molecule has 214 valence electrons. The van der Waals surface area contributed by atoms with Crippen LogP contribution in [0.3, 0.4) is 0 Å². The molecule has 0 aliphatic rings. The van der Waals surface area contributed by atoms with Crippen molar-refractivity contribution in [2.75, 3.05) is 13.2 Å². The molecule has 1 aromatic carbocycles. The number of benzene rings is 1. The smallest absolute Gasteiger partial charge is 0.480 e. The van der Waals surface area contributed by atoms with Crippen LogP contribution in [0.25, 0.3) is 0 Å². The Hall–Kier alpha value is -3.34. The third-order valence-corrected chi connectivity index (χ3v) is 6.44. The van der Waals surface area contributed by atoms with E-state index in [0.717, 1.165) is 12.8 Å². The molecule has 11 nitrogen and oxygen atoms in total. The average Bonchev–Trinajstić information content (AvgIpc) is 2.86. The third kappa shape index (κ3) is 10.6. The first-order valence-corrected chi connectivity index (χ1v) is 12.8. The normalized spacial score (nSPS) is 15.7. The Labute approximate surface area is 223 Å². The fourth-order valence-electron chi connectivity index (χ4n) is 3.44. The van der Waals surface area contributed by atoms with Crippen LogP contribution in [0.5, 0.6) is 11.5 Å². The lowest BCUT2D eigenvalue weighted by Gasteiger charge is -2.31. The molecule has 0 radical (unpaired) electrons. The van der Waals surface area contributed by atoms with Gasteiger partial charge in [-0.25, -0.2) is 9.59 Å². The van der Waals surface area contributed by atoms with Crippen LogP contribution in [0, 0.1) is 17.8 Å². The van der Waals surface area contributed by atoms with E-state index in [1.165, 1.54) is 25.1 Å². The quantitative estimate of drug-likeness (QED) is 0.188. The maximum Gasteiger partial charge on any atom is 0.513 e. The molecule has 0 aliphatic heterocycles. The summed E-state index contributed by atoms with van der Waals surface area (Å²) in [6.07, 6.45) is -1.12. The molecule has 0 amide bonds. The maximum atomic E-state index is 12.4. The highest BCUT2D eigenvalue weighted by molar-refractivity contribution is 5.75. The van der Waals surface area contributed by atoms with Crippen molar-refractivity contribution in [3.63, 3.8) is 0 Å². The Kier molecular flexibility index (Phi) is 13.6. The highest BCUT2D eigenvalue weighted by Gasteiger charge is 2.35. The Bertz CT molecular complexity index is 950. The van der Waals surface area contributed by atoms with Crippen molar-refractivity contribution in [1.29, 1.82) is 0 Å². The zero-order valence-corrected chi connectivity index (χ0v) is 23.2. The lowest BCUT2D eigenvalue weighted by Crippen LogP contribution is -2.42. The van der Waals surface area contributed by atoms with Crippen LogP contribution < -0.4 is 15.2 Å². The Balaban J connectivity index is 3.39. The number of carboxylic acid groups (broad SMARTS) is 1. The Morgan fingerprint density at radius 3 is 1.82 bits per heavy atom. The van der Waals surface area contributed by atoms with Crippen molar-refractivity contribution >= 4 is 24.2 Å². The van der Waals surface area contributed by atoms with Crippen molar-refractivity contribution in [2.24, 2.45) is 23.5 Å².